The third kappa shape index (κ3) is 6.40. The highest BCUT2D eigenvalue weighted by Gasteiger charge is 2.35. The summed E-state index contributed by atoms with van der Waals surface area (Å²) >= 11 is 4.65. The lowest BCUT2D eigenvalue weighted by Crippen LogP contribution is -2.40. The molecule has 0 unspecified atom stereocenters. The SMILES string of the molecule is CCOC(=O)C1=C(c2ccccc2)N=c2s/c(=C/c3ccc(OCC(=O)O)c(Br)c3)c(=O)n2[C@H]1c1ccc(C(C)C)cc1. The van der Waals surface area contributed by atoms with Gasteiger partial charge >= 0.3 is 11.9 Å². The molecule has 1 aliphatic rings. The van der Waals surface area contributed by atoms with Crippen molar-refractivity contribution >= 4 is 51.0 Å². The predicted molar refractivity (Wildman–Crippen MR) is 169 cm³/mol. The molecule has 8 nitrogen and oxygen atoms in total. The van der Waals surface area contributed by atoms with Gasteiger partial charge in [0.05, 0.1) is 32.9 Å². The summed E-state index contributed by atoms with van der Waals surface area (Å²) in [6, 6.07) is 21.7. The number of carboxylic acids is 1. The zero-order valence-electron chi connectivity index (χ0n) is 23.7. The van der Waals surface area contributed by atoms with Gasteiger partial charge in [-0.05, 0) is 63.7 Å². The number of thiazole rings is 1. The summed E-state index contributed by atoms with van der Waals surface area (Å²) < 4.78 is 13.4. The Labute approximate surface area is 260 Å². The van der Waals surface area contributed by atoms with Gasteiger partial charge in [-0.1, -0.05) is 85.8 Å². The number of hydrogen-bond donors (Lipinski definition) is 1. The first kappa shape index (κ1) is 30.2. The van der Waals surface area contributed by atoms with Crippen molar-refractivity contribution in [1.82, 2.24) is 4.57 Å². The Hall–Kier alpha value is -4.28. The van der Waals surface area contributed by atoms with Gasteiger partial charge in [-0.3, -0.25) is 9.36 Å². The Balaban J connectivity index is 1.72. The number of carbonyl (C=O) groups excluding carboxylic acids is 1. The minimum atomic E-state index is -1.08. The molecule has 1 atom stereocenters. The predicted octanol–water partition coefficient (Wildman–Crippen LogP) is 5.28. The minimum absolute atomic E-state index is 0.175. The first-order valence-electron chi connectivity index (χ1n) is 13.7. The number of aliphatic carboxylic acids is 1. The largest absolute Gasteiger partial charge is 0.481 e. The fourth-order valence-corrected chi connectivity index (χ4v) is 6.35. The highest BCUT2D eigenvalue weighted by atomic mass is 79.9. The lowest BCUT2D eigenvalue weighted by atomic mass is 9.91. The maximum absolute atomic E-state index is 14.1. The third-order valence-corrected chi connectivity index (χ3v) is 8.50. The van der Waals surface area contributed by atoms with Crippen LogP contribution in [0.15, 0.2) is 92.6 Å². The minimum Gasteiger partial charge on any atom is -0.481 e. The number of fused-ring (bicyclic) bond motifs is 1. The summed E-state index contributed by atoms with van der Waals surface area (Å²) in [6.45, 7) is 5.67. The summed E-state index contributed by atoms with van der Waals surface area (Å²) in [4.78, 5) is 43.9. The van der Waals surface area contributed by atoms with E-state index < -0.39 is 24.6 Å². The molecule has 0 radical (unpaired) electrons. The normalized spacial score (nSPS) is 14.8. The van der Waals surface area contributed by atoms with Gasteiger partial charge in [0.2, 0.25) is 0 Å². The average Bonchev–Trinajstić information content (AvgIpc) is 3.30. The van der Waals surface area contributed by atoms with Crippen LogP contribution in [0.4, 0.5) is 0 Å². The molecule has 0 fully saturated rings. The average molecular weight is 662 g/mol. The van der Waals surface area contributed by atoms with Gasteiger partial charge in [-0.2, -0.15) is 0 Å². The van der Waals surface area contributed by atoms with Gasteiger partial charge in [0.1, 0.15) is 5.75 Å². The zero-order valence-corrected chi connectivity index (χ0v) is 26.1. The van der Waals surface area contributed by atoms with Crippen LogP contribution in [0.1, 0.15) is 55.0 Å². The van der Waals surface area contributed by atoms with Crippen LogP contribution in [0, 0.1) is 0 Å². The lowest BCUT2D eigenvalue weighted by molar-refractivity contribution is -0.140. The summed E-state index contributed by atoms with van der Waals surface area (Å²) in [5, 5.41) is 8.92. The van der Waals surface area contributed by atoms with E-state index in [1.807, 2.05) is 54.6 Å². The number of esters is 1. The highest BCUT2D eigenvalue weighted by molar-refractivity contribution is 9.10. The number of halogens is 1. The van der Waals surface area contributed by atoms with Crippen molar-refractivity contribution in [3.63, 3.8) is 0 Å². The van der Waals surface area contributed by atoms with Gasteiger partial charge in [-0.25, -0.2) is 14.6 Å². The number of rotatable bonds is 9. The number of carboxylic acid groups (broad SMARTS) is 1. The molecule has 220 valence electrons. The van der Waals surface area contributed by atoms with E-state index in [-0.39, 0.29) is 12.2 Å². The van der Waals surface area contributed by atoms with E-state index in [1.165, 1.54) is 11.3 Å². The van der Waals surface area contributed by atoms with Crippen LogP contribution in [-0.2, 0) is 14.3 Å². The molecule has 0 amide bonds. The first-order chi connectivity index (χ1) is 20.7. The highest BCUT2D eigenvalue weighted by Crippen LogP contribution is 2.35. The third-order valence-electron chi connectivity index (χ3n) is 6.90. The van der Waals surface area contributed by atoms with Gasteiger partial charge in [0.25, 0.3) is 5.56 Å². The van der Waals surface area contributed by atoms with E-state index in [2.05, 4.69) is 29.8 Å². The number of nitrogens with zero attached hydrogens (tertiary/aromatic N) is 2. The molecule has 0 saturated heterocycles. The molecular formula is C33H29BrN2O6S. The van der Waals surface area contributed by atoms with Crippen LogP contribution in [0.2, 0.25) is 0 Å². The number of ether oxygens (including phenoxy) is 2. The molecule has 4 aromatic rings. The Morgan fingerprint density at radius 1 is 1.09 bits per heavy atom. The Kier molecular flexibility index (Phi) is 9.08. The fourth-order valence-electron chi connectivity index (χ4n) is 4.83. The molecule has 1 aliphatic heterocycles. The van der Waals surface area contributed by atoms with Crippen molar-refractivity contribution in [3.8, 4) is 5.75 Å². The first-order valence-corrected chi connectivity index (χ1v) is 15.3. The van der Waals surface area contributed by atoms with Crippen LogP contribution in [0.25, 0.3) is 11.8 Å². The summed E-state index contributed by atoms with van der Waals surface area (Å²) in [7, 11) is 0. The van der Waals surface area contributed by atoms with Crippen LogP contribution in [0.5, 0.6) is 5.75 Å². The molecule has 0 spiro atoms. The zero-order chi connectivity index (χ0) is 30.7. The maximum Gasteiger partial charge on any atom is 0.341 e. The number of hydrogen-bond acceptors (Lipinski definition) is 7. The van der Waals surface area contributed by atoms with Crippen molar-refractivity contribution in [2.75, 3.05) is 13.2 Å². The van der Waals surface area contributed by atoms with Crippen LogP contribution >= 0.6 is 27.3 Å². The Morgan fingerprint density at radius 2 is 1.81 bits per heavy atom. The Morgan fingerprint density at radius 3 is 2.44 bits per heavy atom. The maximum atomic E-state index is 14.1. The van der Waals surface area contributed by atoms with E-state index in [1.54, 1.807) is 35.8 Å². The van der Waals surface area contributed by atoms with Gasteiger partial charge < -0.3 is 14.6 Å². The van der Waals surface area contributed by atoms with E-state index in [9.17, 15) is 14.4 Å². The summed E-state index contributed by atoms with van der Waals surface area (Å²) in [5.74, 6) is -0.922. The van der Waals surface area contributed by atoms with Gasteiger partial charge in [0.15, 0.2) is 11.4 Å². The monoisotopic (exact) mass is 660 g/mol. The molecular weight excluding hydrogens is 632 g/mol. The lowest BCUT2D eigenvalue weighted by Gasteiger charge is -2.26. The van der Waals surface area contributed by atoms with Crippen LogP contribution in [0.3, 0.4) is 0 Å². The topological polar surface area (TPSA) is 107 Å². The summed E-state index contributed by atoms with van der Waals surface area (Å²) in [5.41, 5.74) is 3.82. The summed E-state index contributed by atoms with van der Waals surface area (Å²) in [6.07, 6.45) is 1.74. The molecule has 0 saturated carbocycles. The standard InChI is InChI=1S/C33H29BrN2O6S/c1-4-41-32(40)28-29(22-8-6-5-7-9-22)35-33-36(30(28)23-13-11-21(12-14-23)19(2)3)31(39)26(43-33)17-20-10-15-25(24(34)16-20)42-18-27(37)38/h5-17,19,30H,4,18H2,1-3H3,(H,37,38)/b26-17+/t30-/m0/s1. The second-order valence-corrected chi connectivity index (χ2v) is 12.0. The number of benzene rings is 3. The Bertz CT molecular complexity index is 1890. The second kappa shape index (κ2) is 12.9. The molecule has 2 heterocycles. The molecule has 43 heavy (non-hydrogen) atoms. The fraction of sp³-hybridized carbons (Fsp3) is 0.212. The van der Waals surface area contributed by atoms with Crippen molar-refractivity contribution < 1.29 is 24.2 Å². The van der Waals surface area contributed by atoms with Gasteiger partial charge in [-0.15, -0.1) is 0 Å². The van der Waals surface area contributed by atoms with Crippen molar-refractivity contribution in [2.24, 2.45) is 4.99 Å². The quantitative estimate of drug-likeness (QED) is 0.245. The molecule has 10 heteroatoms. The molecule has 0 aliphatic carbocycles. The van der Waals surface area contributed by atoms with Crippen molar-refractivity contribution in [1.29, 1.82) is 0 Å². The molecule has 0 bridgehead atoms. The molecule has 1 aromatic heterocycles. The van der Waals surface area contributed by atoms with Crippen LogP contribution in [-0.4, -0.2) is 34.8 Å². The molecule has 3 aromatic carbocycles. The van der Waals surface area contributed by atoms with E-state index in [4.69, 9.17) is 19.6 Å². The second-order valence-electron chi connectivity index (χ2n) is 10.1. The van der Waals surface area contributed by atoms with E-state index in [0.717, 1.165) is 16.7 Å². The number of aromatic nitrogens is 1. The van der Waals surface area contributed by atoms with Crippen molar-refractivity contribution in [3.05, 3.63) is 125 Å². The smallest absolute Gasteiger partial charge is 0.341 e. The van der Waals surface area contributed by atoms with E-state index >= 15 is 0 Å². The van der Waals surface area contributed by atoms with Crippen molar-refractivity contribution in [2.45, 2.75) is 32.7 Å². The van der Waals surface area contributed by atoms with Crippen LogP contribution < -0.4 is 19.6 Å². The van der Waals surface area contributed by atoms with E-state index in [0.29, 0.717) is 42.3 Å². The molecule has 5 rings (SSSR count). The number of carbonyl (C=O) groups is 2. The van der Waals surface area contributed by atoms with Gasteiger partial charge in [0, 0.05) is 5.56 Å². The molecule has 1 N–H and O–H groups in total.